The minimum atomic E-state index is -0.204. The summed E-state index contributed by atoms with van der Waals surface area (Å²) in [6.45, 7) is 2.63. The lowest BCUT2D eigenvalue weighted by Crippen LogP contribution is -2.32. The molecule has 0 spiro atoms. The molecule has 0 aliphatic heterocycles. The Hall–Kier alpha value is -1.41. The van der Waals surface area contributed by atoms with E-state index in [0.29, 0.717) is 16.8 Å². The number of carbonyl (C=O) groups excluding carboxylic acids is 1. The van der Waals surface area contributed by atoms with Crippen LogP contribution in [0.3, 0.4) is 0 Å². The lowest BCUT2D eigenvalue weighted by Gasteiger charge is -2.17. The fraction of sp³-hybridized carbons (Fsp3) is 0.364. The molecule has 0 N–H and O–H groups in total. The lowest BCUT2D eigenvalue weighted by atomic mass is 10.3. The SMILES string of the molecule is CCCN(CC#N)C(=O)c1cccc(Br)n1. The quantitative estimate of drug-likeness (QED) is 0.628. The van der Waals surface area contributed by atoms with E-state index in [-0.39, 0.29) is 12.5 Å². The molecule has 1 aromatic rings. The third-order valence-corrected chi connectivity index (χ3v) is 2.42. The third kappa shape index (κ3) is 3.31. The van der Waals surface area contributed by atoms with Gasteiger partial charge in [0.1, 0.15) is 16.8 Å². The van der Waals surface area contributed by atoms with E-state index in [1.54, 1.807) is 18.2 Å². The molecule has 1 amide bonds. The van der Waals surface area contributed by atoms with E-state index < -0.39 is 0 Å². The Kier molecular flexibility index (Phi) is 4.93. The molecule has 0 fully saturated rings. The second kappa shape index (κ2) is 6.23. The number of amides is 1. The van der Waals surface area contributed by atoms with Gasteiger partial charge in [0.2, 0.25) is 0 Å². The van der Waals surface area contributed by atoms with Crippen LogP contribution in [0.4, 0.5) is 0 Å². The van der Waals surface area contributed by atoms with E-state index in [1.165, 1.54) is 4.90 Å². The highest BCUT2D eigenvalue weighted by Gasteiger charge is 2.15. The first kappa shape index (κ1) is 12.7. The summed E-state index contributed by atoms with van der Waals surface area (Å²) in [6, 6.07) is 7.14. The van der Waals surface area contributed by atoms with Crippen molar-refractivity contribution in [2.24, 2.45) is 0 Å². The van der Waals surface area contributed by atoms with Crippen molar-refractivity contribution in [1.82, 2.24) is 9.88 Å². The third-order valence-electron chi connectivity index (χ3n) is 1.98. The summed E-state index contributed by atoms with van der Waals surface area (Å²) in [6.07, 6.45) is 0.821. The van der Waals surface area contributed by atoms with Gasteiger partial charge in [-0.05, 0) is 34.5 Å². The van der Waals surface area contributed by atoms with E-state index in [0.717, 1.165) is 6.42 Å². The van der Waals surface area contributed by atoms with Crippen LogP contribution in [-0.4, -0.2) is 28.9 Å². The molecular formula is C11H12BrN3O. The molecule has 84 valence electrons. The number of aromatic nitrogens is 1. The maximum Gasteiger partial charge on any atom is 0.273 e. The van der Waals surface area contributed by atoms with Crippen molar-refractivity contribution in [2.45, 2.75) is 13.3 Å². The van der Waals surface area contributed by atoms with Crippen LogP contribution >= 0.6 is 15.9 Å². The summed E-state index contributed by atoms with van der Waals surface area (Å²) in [5.41, 5.74) is 0.359. The second-order valence-electron chi connectivity index (χ2n) is 3.23. The number of rotatable bonds is 4. The molecule has 0 aliphatic rings. The zero-order valence-electron chi connectivity index (χ0n) is 8.98. The molecule has 4 nitrogen and oxygen atoms in total. The molecule has 16 heavy (non-hydrogen) atoms. The molecule has 0 atom stereocenters. The van der Waals surface area contributed by atoms with Gasteiger partial charge in [-0.2, -0.15) is 5.26 Å². The number of nitriles is 1. The van der Waals surface area contributed by atoms with Crippen LogP contribution in [0.5, 0.6) is 0 Å². The summed E-state index contributed by atoms with van der Waals surface area (Å²) in [5, 5.41) is 8.64. The first-order valence-corrected chi connectivity index (χ1v) is 5.77. The molecule has 0 aliphatic carbocycles. The van der Waals surface area contributed by atoms with E-state index in [9.17, 15) is 4.79 Å². The normalized spacial score (nSPS) is 9.56. The number of pyridine rings is 1. The van der Waals surface area contributed by atoms with Crippen LogP contribution in [0.15, 0.2) is 22.8 Å². The average molecular weight is 282 g/mol. The Morgan fingerprint density at radius 1 is 1.62 bits per heavy atom. The highest BCUT2D eigenvalue weighted by atomic mass is 79.9. The van der Waals surface area contributed by atoms with Crippen molar-refractivity contribution in [3.63, 3.8) is 0 Å². The van der Waals surface area contributed by atoms with Crippen molar-refractivity contribution in [1.29, 1.82) is 5.26 Å². The Bertz CT molecular complexity index is 414. The van der Waals surface area contributed by atoms with E-state index in [1.807, 2.05) is 13.0 Å². The predicted octanol–water partition coefficient (Wildman–Crippen LogP) is 2.22. The van der Waals surface area contributed by atoms with Crippen LogP contribution in [0.1, 0.15) is 23.8 Å². The van der Waals surface area contributed by atoms with Gasteiger partial charge in [0.15, 0.2) is 0 Å². The lowest BCUT2D eigenvalue weighted by molar-refractivity contribution is 0.0770. The maximum absolute atomic E-state index is 12.0. The van der Waals surface area contributed by atoms with Crippen molar-refractivity contribution < 1.29 is 4.79 Å². The number of halogens is 1. The topological polar surface area (TPSA) is 57.0 Å². The van der Waals surface area contributed by atoms with Crippen LogP contribution < -0.4 is 0 Å². The maximum atomic E-state index is 12.0. The number of nitrogens with zero attached hydrogens (tertiary/aromatic N) is 3. The molecule has 0 unspecified atom stereocenters. The van der Waals surface area contributed by atoms with Gasteiger partial charge in [-0.15, -0.1) is 0 Å². The first-order chi connectivity index (χ1) is 7.69. The van der Waals surface area contributed by atoms with Crippen LogP contribution in [0.2, 0.25) is 0 Å². The van der Waals surface area contributed by atoms with E-state index in [4.69, 9.17) is 5.26 Å². The molecule has 1 rings (SSSR count). The van der Waals surface area contributed by atoms with Gasteiger partial charge in [-0.1, -0.05) is 13.0 Å². The molecule has 0 aromatic carbocycles. The summed E-state index contributed by atoms with van der Waals surface area (Å²) in [4.78, 5) is 17.5. The highest BCUT2D eigenvalue weighted by molar-refractivity contribution is 9.10. The van der Waals surface area contributed by atoms with Crippen molar-refractivity contribution in [2.75, 3.05) is 13.1 Å². The molecule has 0 radical (unpaired) electrons. The van der Waals surface area contributed by atoms with Crippen molar-refractivity contribution in [3.8, 4) is 6.07 Å². The summed E-state index contributed by atoms with van der Waals surface area (Å²) < 4.78 is 0.617. The molecule has 1 heterocycles. The van der Waals surface area contributed by atoms with Gasteiger partial charge < -0.3 is 4.90 Å². The average Bonchev–Trinajstić information content (AvgIpc) is 2.28. The van der Waals surface area contributed by atoms with Crippen LogP contribution in [-0.2, 0) is 0 Å². The van der Waals surface area contributed by atoms with Gasteiger partial charge in [0.05, 0.1) is 6.07 Å². The van der Waals surface area contributed by atoms with E-state index >= 15 is 0 Å². The number of hydrogen-bond acceptors (Lipinski definition) is 3. The van der Waals surface area contributed by atoms with Crippen LogP contribution in [0, 0.1) is 11.3 Å². The van der Waals surface area contributed by atoms with Crippen LogP contribution in [0.25, 0.3) is 0 Å². The van der Waals surface area contributed by atoms with Gasteiger partial charge in [-0.25, -0.2) is 4.98 Å². The molecule has 5 heteroatoms. The highest BCUT2D eigenvalue weighted by Crippen LogP contribution is 2.08. The molecule has 0 saturated carbocycles. The minimum Gasteiger partial charge on any atom is -0.324 e. The fourth-order valence-corrected chi connectivity index (χ4v) is 1.64. The van der Waals surface area contributed by atoms with Gasteiger partial charge in [0, 0.05) is 6.54 Å². The zero-order valence-corrected chi connectivity index (χ0v) is 10.6. The van der Waals surface area contributed by atoms with Crippen molar-refractivity contribution in [3.05, 3.63) is 28.5 Å². The zero-order chi connectivity index (χ0) is 12.0. The number of carbonyl (C=O) groups is 1. The predicted molar refractivity (Wildman–Crippen MR) is 63.7 cm³/mol. The summed E-state index contributed by atoms with van der Waals surface area (Å²) in [7, 11) is 0. The Labute approximate surface area is 103 Å². The number of hydrogen-bond donors (Lipinski definition) is 0. The van der Waals surface area contributed by atoms with Gasteiger partial charge in [0.25, 0.3) is 5.91 Å². The Balaban J connectivity index is 2.86. The smallest absolute Gasteiger partial charge is 0.273 e. The molecule has 0 bridgehead atoms. The molecule has 0 saturated heterocycles. The molecule has 1 aromatic heterocycles. The summed E-state index contributed by atoms with van der Waals surface area (Å²) in [5.74, 6) is -0.204. The van der Waals surface area contributed by atoms with Gasteiger partial charge in [-0.3, -0.25) is 4.79 Å². The second-order valence-corrected chi connectivity index (χ2v) is 4.04. The summed E-state index contributed by atoms with van der Waals surface area (Å²) >= 11 is 3.21. The standard InChI is InChI=1S/C11H12BrN3O/c1-2-7-15(8-6-13)11(16)9-4-3-5-10(12)14-9/h3-5H,2,7-8H2,1H3. The van der Waals surface area contributed by atoms with Crippen molar-refractivity contribution >= 4 is 21.8 Å². The fourth-order valence-electron chi connectivity index (χ4n) is 1.30. The first-order valence-electron chi connectivity index (χ1n) is 4.97. The van der Waals surface area contributed by atoms with Gasteiger partial charge >= 0.3 is 0 Å². The largest absolute Gasteiger partial charge is 0.324 e. The molecular weight excluding hydrogens is 270 g/mol. The Morgan fingerprint density at radius 2 is 2.38 bits per heavy atom. The van der Waals surface area contributed by atoms with E-state index in [2.05, 4.69) is 20.9 Å². The minimum absolute atomic E-state index is 0.0981. The Morgan fingerprint density at radius 3 is 2.94 bits per heavy atom. The monoisotopic (exact) mass is 281 g/mol.